The molecule has 8 nitrogen and oxygen atoms in total. The summed E-state index contributed by atoms with van der Waals surface area (Å²) in [6.45, 7) is 2.03. The van der Waals surface area contributed by atoms with Crippen molar-refractivity contribution in [1.82, 2.24) is 10.3 Å². The van der Waals surface area contributed by atoms with Crippen LogP contribution in [0.25, 0.3) is 0 Å². The lowest BCUT2D eigenvalue weighted by Gasteiger charge is -2.23. The standard InChI is InChI=1S/C29H31N3O5S2/c1-3-22-19-38-29(30-22)26(18-21-13-15-23(16-14-21)32-39(34,35)36)31-28(33)25(17-20-9-5-4-6-10-20)24-11-7-8-12-27(24)37-2/h4-16,19,25-26,32H,3,17-18H2,1-2H3,(H,31,33)(H,34,35,36). The lowest BCUT2D eigenvalue weighted by molar-refractivity contribution is -0.123. The van der Waals surface area contributed by atoms with Crippen LogP contribution in [0.5, 0.6) is 5.75 Å². The van der Waals surface area contributed by atoms with Gasteiger partial charge in [-0.05, 0) is 48.6 Å². The topological polar surface area (TPSA) is 118 Å². The highest BCUT2D eigenvalue weighted by Gasteiger charge is 2.28. The summed E-state index contributed by atoms with van der Waals surface area (Å²) in [5.74, 6) is -0.00108. The molecule has 0 aliphatic rings. The maximum absolute atomic E-state index is 14.0. The predicted molar refractivity (Wildman–Crippen MR) is 154 cm³/mol. The first-order valence-electron chi connectivity index (χ1n) is 12.5. The Hall–Kier alpha value is -3.73. The molecule has 3 aromatic carbocycles. The van der Waals surface area contributed by atoms with Gasteiger partial charge in [-0.1, -0.05) is 67.6 Å². The number of nitrogens with zero attached hydrogens (tertiary/aromatic N) is 1. The number of amides is 1. The molecule has 0 bridgehead atoms. The van der Waals surface area contributed by atoms with Crippen LogP contribution < -0.4 is 14.8 Å². The minimum atomic E-state index is -4.37. The normalized spacial score (nSPS) is 12.9. The van der Waals surface area contributed by atoms with Crippen molar-refractivity contribution in [1.29, 1.82) is 0 Å². The summed E-state index contributed by atoms with van der Waals surface area (Å²) in [5, 5.41) is 6.03. The molecule has 2 unspecified atom stereocenters. The Kier molecular flexibility index (Phi) is 9.34. The SMILES string of the molecule is CCc1csc(C(Cc2ccc(NS(=O)(=O)O)cc2)NC(=O)C(Cc2ccccc2)c2ccccc2OC)n1. The Balaban J connectivity index is 1.64. The van der Waals surface area contributed by atoms with Crippen LogP contribution >= 0.6 is 11.3 Å². The molecule has 0 aliphatic carbocycles. The van der Waals surface area contributed by atoms with E-state index in [2.05, 4.69) is 5.32 Å². The number of rotatable bonds is 12. The molecule has 4 aromatic rings. The molecule has 0 saturated carbocycles. The van der Waals surface area contributed by atoms with E-state index in [1.165, 1.54) is 11.3 Å². The quantitative estimate of drug-likeness (QED) is 0.199. The lowest BCUT2D eigenvalue weighted by Crippen LogP contribution is -2.35. The van der Waals surface area contributed by atoms with Crippen LogP contribution in [0.1, 0.15) is 46.3 Å². The zero-order chi connectivity index (χ0) is 27.8. The molecule has 204 valence electrons. The molecule has 1 amide bonds. The summed E-state index contributed by atoms with van der Waals surface area (Å²) in [6, 6.07) is 23.6. The summed E-state index contributed by atoms with van der Waals surface area (Å²) < 4.78 is 39.0. The molecule has 4 rings (SSSR count). The number of ether oxygens (including phenoxy) is 1. The van der Waals surface area contributed by atoms with E-state index in [1.807, 2.05) is 71.6 Å². The Morgan fingerprint density at radius 2 is 1.64 bits per heavy atom. The average molecular weight is 566 g/mol. The smallest absolute Gasteiger partial charge is 0.357 e. The van der Waals surface area contributed by atoms with E-state index in [-0.39, 0.29) is 11.6 Å². The molecule has 0 fully saturated rings. The van der Waals surface area contributed by atoms with Crippen molar-refractivity contribution in [2.45, 2.75) is 38.1 Å². The number of carbonyl (C=O) groups is 1. The molecule has 0 radical (unpaired) electrons. The summed E-state index contributed by atoms with van der Waals surface area (Å²) in [4.78, 5) is 18.7. The van der Waals surface area contributed by atoms with Crippen LogP contribution in [0.15, 0.2) is 84.2 Å². The number of para-hydroxylation sites is 1. The van der Waals surface area contributed by atoms with Crippen molar-refractivity contribution < 1.29 is 22.5 Å². The fourth-order valence-electron chi connectivity index (χ4n) is 4.36. The van der Waals surface area contributed by atoms with E-state index >= 15 is 0 Å². The fraction of sp³-hybridized carbons (Fsp3) is 0.241. The van der Waals surface area contributed by atoms with Crippen LogP contribution in [0, 0.1) is 0 Å². The van der Waals surface area contributed by atoms with Crippen LogP contribution in [-0.2, 0) is 34.4 Å². The Morgan fingerprint density at radius 3 is 2.28 bits per heavy atom. The first-order chi connectivity index (χ1) is 18.8. The summed E-state index contributed by atoms with van der Waals surface area (Å²) in [5.41, 5.74) is 3.89. The monoisotopic (exact) mass is 565 g/mol. The van der Waals surface area contributed by atoms with Crippen molar-refractivity contribution in [2.75, 3.05) is 11.8 Å². The van der Waals surface area contributed by atoms with Gasteiger partial charge in [0.15, 0.2) is 0 Å². The third-order valence-electron chi connectivity index (χ3n) is 6.30. The highest BCUT2D eigenvalue weighted by Crippen LogP contribution is 2.31. The van der Waals surface area contributed by atoms with Gasteiger partial charge < -0.3 is 10.1 Å². The molecule has 0 aliphatic heterocycles. The van der Waals surface area contributed by atoms with Crippen molar-refractivity contribution in [3.05, 3.63) is 112 Å². The highest BCUT2D eigenvalue weighted by atomic mass is 32.2. The first kappa shape index (κ1) is 28.3. The fourth-order valence-corrected chi connectivity index (χ4v) is 5.75. The molecule has 10 heteroatoms. The van der Waals surface area contributed by atoms with E-state index < -0.39 is 22.3 Å². The number of carbonyl (C=O) groups excluding carboxylic acids is 1. The van der Waals surface area contributed by atoms with E-state index in [0.29, 0.717) is 18.6 Å². The second kappa shape index (κ2) is 12.9. The van der Waals surface area contributed by atoms with E-state index in [9.17, 15) is 13.2 Å². The van der Waals surface area contributed by atoms with Crippen LogP contribution in [0.2, 0.25) is 0 Å². The minimum absolute atomic E-state index is 0.147. The van der Waals surface area contributed by atoms with Gasteiger partial charge in [-0.2, -0.15) is 8.42 Å². The number of hydrogen-bond acceptors (Lipinski definition) is 6. The lowest BCUT2D eigenvalue weighted by atomic mass is 9.90. The predicted octanol–water partition coefficient (Wildman–Crippen LogP) is 5.36. The van der Waals surface area contributed by atoms with Crippen molar-refractivity contribution in [2.24, 2.45) is 0 Å². The second-order valence-electron chi connectivity index (χ2n) is 9.05. The number of benzene rings is 3. The van der Waals surface area contributed by atoms with Crippen LogP contribution in [-0.4, -0.2) is 31.0 Å². The number of thiazole rings is 1. The van der Waals surface area contributed by atoms with E-state index in [1.54, 1.807) is 31.4 Å². The van der Waals surface area contributed by atoms with Gasteiger partial charge in [0, 0.05) is 10.9 Å². The molecule has 3 N–H and O–H groups in total. The zero-order valence-electron chi connectivity index (χ0n) is 21.7. The molecule has 1 aromatic heterocycles. The molecular formula is C29H31N3O5S2. The Morgan fingerprint density at radius 1 is 0.974 bits per heavy atom. The molecule has 39 heavy (non-hydrogen) atoms. The third kappa shape index (κ3) is 7.89. The number of anilines is 1. The maximum Gasteiger partial charge on any atom is 0.357 e. The summed E-state index contributed by atoms with van der Waals surface area (Å²) >= 11 is 1.50. The third-order valence-corrected chi connectivity index (χ3v) is 7.80. The van der Waals surface area contributed by atoms with Gasteiger partial charge >= 0.3 is 10.3 Å². The first-order valence-corrected chi connectivity index (χ1v) is 14.8. The highest BCUT2D eigenvalue weighted by molar-refractivity contribution is 7.87. The van der Waals surface area contributed by atoms with Gasteiger partial charge in [0.2, 0.25) is 5.91 Å². The van der Waals surface area contributed by atoms with Gasteiger partial charge in [0.05, 0.1) is 30.5 Å². The van der Waals surface area contributed by atoms with Crippen molar-refractivity contribution in [3.8, 4) is 5.75 Å². The molecule has 2 atom stereocenters. The van der Waals surface area contributed by atoms with E-state index in [4.69, 9.17) is 14.3 Å². The van der Waals surface area contributed by atoms with Gasteiger partial charge in [0.25, 0.3) is 0 Å². The van der Waals surface area contributed by atoms with E-state index in [0.717, 1.165) is 33.8 Å². The summed E-state index contributed by atoms with van der Waals surface area (Å²) in [6.07, 6.45) is 1.72. The largest absolute Gasteiger partial charge is 0.496 e. The molecular weight excluding hydrogens is 534 g/mol. The number of aryl methyl sites for hydroxylation is 1. The van der Waals surface area contributed by atoms with Gasteiger partial charge in [-0.15, -0.1) is 11.3 Å². The average Bonchev–Trinajstić information content (AvgIpc) is 3.41. The van der Waals surface area contributed by atoms with Gasteiger partial charge in [-0.25, -0.2) is 4.98 Å². The summed E-state index contributed by atoms with van der Waals surface area (Å²) in [7, 11) is -2.77. The maximum atomic E-state index is 14.0. The molecule has 0 saturated heterocycles. The number of hydrogen-bond donors (Lipinski definition) is 3. The van der Waals surface area contributed by atoms with Gasteiger partial charge in [0.1, 0.15) is 10.8 Å². The minimum Gasteiger partial charge on any atom is -0.496 e. The van der Waals surface area contributed by atoms with Crippen molar-refractivity contribution >= 4 is 33.2 Å². The number of methoxy groups -OCH3 is 1. The number of nitrogens with one attached hydrogen (secondary N) is 2. The molecule has 0 spiro atoms. The zero-order valence-corrected chi connectivity index (χ0v) is 23.3. The van der Waals surface area contributed by atoms with Crippen LogP contribution in [0.4, 0.5) is 5.69 Å². The Bertz CT molecular complexity index is 1490. The van der Waals surface area contributed by atoms with Crippen molar-refractivity contribution in [3.63, 3.8) is 0 Å². The molecule has 1 heterocycles. The number of aromatic nitrogens is 1. The van der Waals surface area contributed by atoms with Gasteiger partial charge in [-0.3, -0.25) is 14.1 Å². The van der Waals surface area contributed by atoms with Crippen LogP contribution in [0.3, 0.4) is 0 Å². The second-order valence-corrected chi connectivity index (χ2v) is 11.1. The Labute approximate surface area is 233 Å².